The van der Waals surface area contributed by atoms with Gasteiger partial charge in [0.2, 0.25) is 0 Å². The molecule has 15 heavy (non-hydrogen) atoms. The standard InChI is InChI=1S/C10H8F4O/c11-9-6-7(2-1-5-15)3-4-8(9)10(12,13)14/h3-4,9,15H,5-6H2. The second-order valence-corrected chi connectivity index (χ2v) is 2.94. The highest BCUT2D eigenvalue weighted by Crippen LogP contribution is 2.34. The molecular weight excluding hydrogens is 212 g/mol. The van der Waals surface area contributed by atoms with Gasteiger partial charge in [-0.25, -0.2) is 4.39 Å². The minimum atomic E-state index is -4.63. The average Bonchev–Trinajstić information content (AvgIpc) is 2.12. The third-order valence-corrected chi connectivity index (χ3v) is 1.86. The van der Waals surface area contributed by atoms with Gasteiger partial charge in [0.1, 0.15) is 12.8 Å². The van der Waals surface area contributed by atoms with E-state index in [2.05, 4.69) is 11.8 Å². The van der Waals surface area contributed by atoms with Gasteiger partial charge in [0.25, 0.3) is 0 Å². The Morgan fingerprint density at radius 1 is 1.40 bits per heavy atom. The topological polar surface area (TPSA) is 20.2 Å². The predicted octanol–water partition coefficient (Wildman–Crippen LogP) is 2.14. The number of hydrogen-bond donors (Lipinski definition) is 1. The van der Waals surface area contributed by atoms with Crippen LogP contribution in [0.4, 0.5) is 17.6 Å². The highest BCUT2D eigenvalue weighted by molar-refractivity contribution is 5.40. The van der Waals surface area contributed by atoms with E-state index in [1.54, 1.807) is 0 Å². The Balaban J connectivity index is 2.88. The second kappa shape index (κ2) is 4.49. The maximum absolute atomic E-state index is 13.1. The summed E-state index contributed by atoms with van der Waals surface area (Å²) in [6, 6.07) is 0. The van der Waals surface area contributed by atoms with Crippen LogP contribution in [-0.4, -0.2) is 24.1 Å². The minimum absolute atomic E-state index is 0.254. The van der Waals surface area contributed by atoms with Crippen molar-refractivity contribution in [3.8, 4) is 11.8 Å². The van der Waals surface area contributed by atoms with E-state index in [-0.39, 0.29) is 5.57 Å². The molecule has 82 valence electrons. The summed E-state index contributed by atoms with van der Waals surface area (Å²) in [5, 5.41) is 8.35. The molecule has 0 amide bonds. The zero-order valence-electron chi connectivity index (χ0n) is 7.61. The molecule has 0 heterocycles. The Bertz CT molecular complexity index is 354. The van der Waals surface area contributed by atoms with E-state index in [9.17, 15) is 17.6 Å². The monoisotopic (exact) mass is 220 g/mol. The molecule has 0 aromatic rings. The normalized spacial score (nSPS) is 21.3. The van der Waals surface area contributed by atoms with Crippen molar-refractivity contribution in [2.24, 2.45) is 0 Å². The summed E-state index contributed by atoms with van der Waals surface area (Å²) in [6.45, 7) is -0.399. The number of halogens is 4. The first-order valence-corrected chi connectivity index (χ1v) is 4.17. The van der Waals surface area contributed by atoms with E-state index in [1.165, 1.54) is 0 Å². The number of allylic oxidation sites excluding steroid dienone is 4. The number of rotatable bonds is 0. The second-order valence-electron chi connectivity index (χ2n) is 2.94. The smallest absolute Gasteiger partial charge is 0.384 e. The van der Waals surface area contributed by atoms with Crippen molar-refractivity contribution < 1.29 is 22.7 Å². The van der Waals surface area contributed by atoms with Crippen molar-refractivity contribution in [3.63, 3.8) is 0 Å². The van der Waals surface area contributed by atoms with E-state index in [0.717, 1.165) is 6.08 Å². The van der Waals surface area contributed by atoms with Crippen LogP contribution in [0.5, 0.6) is 0 Å². The van der Waals surface area contributed by atoms with E-state index in [0.29, 0.717) is 6.08 Å². The first-order chi connectivity index (χ1) is 6.95. The number of alkyl halides is 4. The zero-order valence-corrected chi connectivity index (χ0v) is 7.61. The molecule has 1 rings (SSSR count). The van der Waals surface area contributed by atoms with Gasteiger partial charge in [-0.3, -0.25) is 0 Å². The lowest BCUT2D eigenvalue weighted by molar-refractivity contribution is -0.100. The molecule has 0 radical (unpaired) electrons. The van der Waals surface area contributed by atoms with Gasteiger partial charge in [0.05, 0.1) is 5.57 Å². The van der Waals surface area contributed by atoms with Crippen LogP contribution in [0, 0.1) is 11.8 Å². The van der Waals surface area contributed by atoms with Crippen LogP contribution in [0.3, 0.4) is 0 Å². The van der Waals surface area contributed by atoms with Crippen LogP contribution in [-0.2, 0) is 0 Å². The lowest BCUT2D eigenvalue weighted by atomic mass is 9.96. The fourth-order valence-corrected chi connectivity index (χ4v) is 1.18. The molecule has 1 atom stereocenters. The Morgan fingerprint density at radius 2 is 2.07 bits per heavy atom. The molecule has 0 aliphatic heterocycles. The van der Waals surface area contributed by atoms with Gasteiger partial charge in [-0.2, -0.15) is 13.2 Å². The maximum Gasteiger partial charge on any atom is 0.415 e. The van der Waals surface area contributed by atoms with E-state index < -0.39 is 30.9 Å². The molecule has 5 heteroatoms. The fourth-order valence-electron chi connectivity index (χ4n) is 1.18. The zero-order chi connectivity index (χ0) is 11.5. The maximum atomic E-state index is 13.1. The van der Waals surface area contributed by atoms with Crippen LogP contribution in [0.1, 0.15) is 6.42 Å². The quantitative estimate of drug-likeness (QED) is 0.490. The molecule has 0 saturated carbocycles. The average molecular weight is 220 g/mol. The van der Waals surface area contributed by atoms with Crippen molar-refractivity contribution >= 4 is 0 Å². The highest BCUT2D eigenvalue weighted by Gasteiger charge is 2.39. The van der Waals surface area contributed by atoms with Gasteiger partial charge in [-0.05, 0) is 0 Å². The molecule has 0 aromatic heterocycles. The van der Waals surface area contributed by atoms with E-state index in [1.807, 2.05) is 0 Å². The summed E-state index contributed by atoms with van der Waals surface area (Å²) >= 11 is 0. The molecule has 1 N–H and O–H groups in total. The molecule has 0 aromatic carbocycles. The lowest BCUT2D eigenvalue weighted by Gasteiger charge is -2.18. The van der Waals surface area contributed by atoms with Gasteiger partial charge >= 0.3 is 6.18 Å². The Hall–Kier alpha value is -1.28. The predicted molar refractivity (Wildman–Crippen MR) is 46.6 cm³/mol. The molecule has 0 spiro atoms. The SMILES string of the molecule is OCC#CC1=CC=C(C(F)(F)F)C(F)C1. The molecule has 1 unspecified atom stereocenters. The van der Waals surface area contributed by atoms with Crippen LogP contribution >= 0.6 is 0 Å². The van der Waals surface area contributed by atoms with Crippen LogP contribution in [0.15, 0.2) is 23.3 Å². The highest BCUT2D eigenvalue weighted by atomic mass is 19.4. The minimum Gasteiger partial charge on any atom is -0.384 e. The Labute approximate surface area is 84.1 Å². The largest absolute Gasteiger partial charge is 0.415 e. The fraction of sp³-hybridized carbons (Fsp3) is 0.400. The molecular formula is C10H8F4O. The van der Waals surface area contributed by atoms with Gasteiger partial charge in [0.15, 0.2) is 0 Å². The summed E-state index contributed by atoms with van der Waals surface area (Å²) in [5.74, 6) is 4.64. The summed E-state index contributed by atoms with van der Waals surface area (Å²) < 4.78 is 49.5. The van der Waals surface area contributed by atoms with Crippen LogP contribution in [0.25, 0.3) is 0 Å². The van der Waals surface area contributed by atoms with E-state index >= 15 is 0 Å². The molecule has 1 aliphatic carbocycles. The van der Waals surface area contributed by atoms with E-state index in [4.69, 9.17) is 5.11 Å². The summed E-state index contributed by atoms with van der Waals surface area (Å²) in [6.07, 6.45) is -5.28. The van der Waals surface area contributed by atoms with Crippen molar-refractivity contribution in [1.82, 2.24) is 0 Å². The number of aliphatic hydroxyl groups is 1. The third-order valence-electron chi connectivity index (χ3n) is 1.86. The molecule has 1 aliphatic rings. The first-order valence-electron chi connectivity index (χ1n) is 4.17. The molecule has 0 saturated heterocycles. The first kappa shape index (κ1) is 11.8. The van der Waals surface area contributed by atoms with Gasteiger partial charge in [-0.1, -0.05) is 24.0 Å². The van der Waals surface area contributed by atoms with Crippen LogP contribution < -0.4 is 0 Å². The van der Waals surface area contributed by atoms with Crippen molar-refractivity contribution in [2.45, 2.75) is 18.8 Å². The van der Waals surface area contributed by atoms with Crippen molar-refractivity contribution in [2.75, 3.05) is 6.61 Å². The molecule has 0 bridgehead atoms. The van der Waals surface area contributed by atoms with Crippen molar-refractivity contribution in [1.29, 1.82) is 0 Å². The van der Waals surface area contributed by atoms with Gasteiger partial charge < -0.3 is 5.11 Å². The number of hydrogen-bond acceptors (Lipinski definition) is 1. The summed E-state index contributed by atoms with van der Waals surface area (Å²) in [4.78, 5) is 0. The van der Waals surface area contributed by atoms with Gasteiger partial charge in [-0.15, -0.1) is 0 Å². The molecule has 1 nitrogen and oxygen atoms in total. The van der Waals surface area contributed by atoms with Crippen molar-refractivity contribution in [3.05, 3.63) is 23.3 Å². The Morgan fingerprint density at radius 3 is 2.53 bits per heavy atom. The number of aliphatic hydroxyl groups excluding tert-OH is 1. The lowest BCUT2D eigenvalue weighted by Crippen LogP contribution is -2.23. The summed E-state index contributed by atoms with van der Waals surface area (Å²) in [5.41, 5.74) is -0.929. The molecule has 0 fully saturated rings. The Kier molecular flexibility index (Phi) is 3.53. The summed E-state index contributed by atoms with van der Waals surface area (Å²) in [7, 11) is 0. The van der Waals surface area contributed by atoms with Crippen LogP contribution in [0.2, 0.25) is 0 Å². The third kappa shape index (κ3) is 3.10. The van der Waals surface area contributed by atoms with Gasteiger partial charge in [0, 0.05) is 12.0 Å².